The van der Waals surface area contributed by atoms with Crippen LogP contribution in [0.4, 0.5) is 0 Å². The third-order valence-corrected chi connectivity index (χ3v) is 4.50. The van der Waals surface area contributed by atoms with E-state index in [4.69, 9.17) is 4.42 Å². The zero-order valence-corrected chi connectivity index (χ0v) is 13.5. The largest absolute Gasteiger partial charge is 0.447 e. The minimum Gasteiger partial charge on any atom is -0.447 e. The maximum absolute atomic E-state index is 12.2. The highest BCUT2D eigenvalue weighted by atomic mass is 32.2. The van der Waals surface area contributed by atoms with Crippen molar-refractivity contribution in [2.75, 3.05) is 26.7 Å². The third-order valence-electron chi connectivity index (χ3n) is 3.04. The first-order valence-corrected chi connectivity index (χ1v) is 8.39. The van der Waals surface area contributed by atoms with Crippen molar-refractivity contribution in [2.24, 2.45) is 0 Å². The number of nitrogens with zero attached hydrogens (tertiary/aromatic N) is 1. The van der Waals surface area contributed by atoms with Gasteiger partial charge in [-0.25, -0.2) is 13.1 Å². The fourth-order valence-corrected chi connectivity index (χ4v) is 3.19. The molecule has 0 spiro atoms. The van der Waals surface area contributed by atoms with E-state index in [0.717, 1.165) is 13.1 Å². The van der Waals surface area contributed by atoms with Crippen molar-refractivity contribution in [2.45, 2.75) is 38.5 Å². The summed E-state index contributed by atoms with van der Waals surface area (Å²) in [5.74, 6) is 0.601. The van der Waals surface area contributed by atoms with Crippen molar-refractivity contribution in [3.8, 4) is 0 Å². The van der Waals surface area contributed by atoms with E-state index in [2.05, 4.69) is 28.8 Å². The first-order valence-electron chi connectivity index (χ1n) is 6.90. The lowest BCUT2D eigenvalue weighted by Crippen LogP contribution is -2.41. The van der Waals surface area contributed by atoms with Gasteiger partial charge in [0.25, 0.3) is 10.0 Å². The molecule has 0 amide bonds. The summed E-state index contributed by atoms with van der Waals surface area (Å²) in [6.45, 7) is 8.95. The van der Waals surface area contributed by atoms with Gasteiger partial charge in [0.15, 0.2) is 0 Å². The van der Waals surface area contributed by atoms with Crippen LogP contribution in [0.1, 0.15) is 26.5 Å². The molecule has 1 aromatic rings. The molecule has 1 rings (SSSR count). The van der Waals surface area contributed by atoms with Gasteiger partial charge in [-0.2, -0.15) is 0 Å². The molecule has 0 radical (unpaired) electrons. The fourth-order valence-electron chi connectivity index (χ4n) is 2.00. The molecule has 20 heavy (non-hydrogen) atoms. The molecular weight excluding hydrogens is 278 g/mol. The molecule has 0 aliphatic rings. The van der Waals surface area contributed by atoms with Crippen LogP contribution in [0.5, 0.6) is 0 Å². The highest BCUT2D eigenvalue weighted by molar-refractivity contribution is 7.89. The Morgan fingerprint density at radius 3 is 2.50 bits per heavy atom. The maximum atomic E-state index is 12.2. The van der Waals surface area contributed by atoms with Crippen molar-refractivity contribution in [3.63, 3.8) is 0 Å². The van der Waals surface area contributed by atoms with Crippen LogP contribution in [-0.4, -0.2) is 46.0 Å². The van der Waals surface area contributed by atoms with E-state index in [1.807, 2.05) is 6.92 Å². The van der Waals surface area contributed by atoms with Crippen molar-refractivity contribution in [1.82, 2.24) is 14.9 Å². The lowest BCUT2D eigenvalue weighted by atomic mass is 10.3. The van der Waals surface area contributed by atoms with Gasteiger partial charge in [0.1, 0.15) is 5.76 Å². The second-order valence-corrected chi connectivity index (χ2v) is 6.40. The summed E-state index contributed by atoms with van der Waals surface area (Å²) in [6, 6.07) is 2.98. The van der Waals surface area contributed by atoms with Gasteiger partial charge < -0.3 is 14.6 Å². The molecule has 2 N–H and O–H groups in total. The maximum Gasteiger partial charge on any atom is 0.274 e. The van der Waals surface area contributed by atoms with Crippen molar-refractivity contribution < 1.29 is 12.8 Å². The number of furan rings is 1. The second-order valence-electron chi connectivity index (χ2n) is 4.76. The lowest BCUT2D eigenvalue weighted by Gasteiger charge is -2.22. The molecule has 1 heterocycles. The second kappa shape index (κ2) is 7.78. The van der Waals surface area contributed by atoms with Crippen LogP contribution in [0.3, 0.4) is 0 Å². The van der Waals surface area contributed by atoms with Crippen molar-refractivity contribution in [1.29, 1.82) is 0 Å². The SMILES string of the molecule is CCN(CC)CC(C)NS(=O)(=O)c1ccc(CNC)o1. The van der Waals surface area contributed by atoms with E-state index in [-0.39, 0.29) is 11.1 Å². The lowest BCUT2D eigenvalue weighted by molar-refractivity contribution is 0.281. The van der Waals surface area contributed by atoms with Gasteiger partial charge in [-0.05, 0) is 39.2 Å². The smallest absolute Gasteiger partial charge is 0.274 e. The Labute approximate surface area is 121 Å². The molecule has 116 valence electrons. The molecule has 0 aliphatic heterocycles. The first-order chi connectivity index (χ1) is 9.42. The van der Waals surface area contributed by atoms with Gasteiger partial charge in [-0.15, -0.1) is 0 Å². The summed E-state index contributed by atoms with van der Waals surface area (Å²) in [5.41, 5.74) is 0. The van der Waals surface area contributed by atoms with E-state index < -0.39 is 10.0 Å². The number of likely N-dealkylation sites (N-methyl/N-ethyl adjacent to an activating group) is 1. The Morgan fingerprint density at radius 2 is 1.95 bits per heavy atom. The number of nitrogens with one attached hydrogen (secondary N) is 2. The molecule has 0 saturated carbocycles. The Kier molecular flexibility index (Phi) is 6.67. The molecule has 6 nitrogen and oxygen atoms in total. The zero-order chi connectivity index (χ0) is 15.2. The average Bonchev–Trinajstić information content (AvgIpc) is 2.85. The van der Waals surface area contributed by atoms with Crippen LogP contribution >= 0.6 is 0 Å². The van der Waals surface area contributed by atoms with Crippen molar-refractivity contribution >= 4 is 10.0 Å². The number of hydrogen-bond acceptors (Lipinski definition) is 5. The van der Waals surface area contributed by atoms with Crippen LogP contribution in [0, 0.1) is 0 Å². The molecule has 0 aliphatic carbocycles. The van der Waals surface area contributed by atoms with Crippen LogP contribution < -0.4 is 10.0 Å². The van der Waals surface area contributed by atoms with Gasteiger partial charge in [-0.1, -0.05) is 13.8 Å². The summed E-state index contributed by atoms with van der Waals surface area (Å²) >= 11 is 0. The predicted octanol–water partition coefficient (Wildman–Crippen LogP) is 1.01. The summed E-state index contributed by atoms with van der Waals surface area (Å²) in [5, 5.41) is 2.88. The summed E-state index contributed by atoms with van der Waals surface area (Å²) in [4.78, 5) is 2.17. The predicted molar refractivity (Wildman–Crippen MR) is 79.0 cm³/mol. The molecule has 0 bridgehead atoms. The molecule has 1 unspecified atom stereocenters. The Morgan fingerprint density at radius 1 is 1.30 bits per heavy atom. The number of sulfonamides is 1. The number of hydrogen-bond donors (Lipinski definition) is 2. The summed E-state index contributed by atoms with van der Waals surface area (Å²) in [6.07, 6.45) is 0. The van der Waals surface area contributed by atoms with E-state index in [1.54, 1.807) is 13.1 Å². The topological polar surface area (TPSA) is 74.6 Å². The highest BCUT2D eigenvalue weighted by Gasteiger charge is 2.22. The Balaban J connectivity index is 2.68. The van der Waals surface area contributed by atoms with Gasteiger partial charge in [-0.3, -0.25) is 0 Å². The molecule has 0 fully saturated rings. The molecule has 0 aromatic carbocycles. The summed E-state index contributed by atoms with van der Waals surface area (Å²) in [7, 11) is -1.81. The normalized spacial score (nSPS) is 13.8. The van der Waals surface area contributed by atoms with Gasteiger partial charge >= 0.3 is 0 Å². The van der Waals surface area contributed by atoms with Crippen LogP contribution in [0.25, 0.3) is 0 Å². The highest BCUT2D eigenvalue weighted by Crippen LogP contribution is 2.14. The quantitative estimate of drug-likeness (QED) is 0.712. The summed E-state index contributed by atoms with van der Waals surface area (Å²) < 4.78 is 32.3. The first kappa shape index (κ1) is 17.2. The number of rotatable bonds is 9. The van der Waals surface area contributed by atoms with Crippen molar-refractivity contribution in [3.05, 3.63) is 17.9 Å². The molecular formula is C13H25N3O3S. The van der Waals surface area contributed by atoms with E-state index >= 15 is 0 Å². The Bertz CT molecular complexity index is 495. The zero-order valence-electron chi connectivity index (χ0n) is 12.6. The third kappa shape index (κ3) is 4.90. The standard InChI is InChI=1S/C13H25N3O3S/c1-5-16(6-2)10-11(3)15-20(17,18)13-8-7-12(19-13)9-14-4/h7-8,11,14-15H,5-6,9-10H2,1-4H3. The minimum atomic E-state index is -3.59. The molecule has 7 heteroatoms. The van der Waals surface area contributed by atoms with Crippen LogP contribution in [0.2, 0.25) is 0 Å². The van der Waals surface area contributed by atoms with Gasteiger partial charge in [0.05, 0.1) is 6.54 Å². The van der Waals surface area contributed by atoms with E-state index in [0.29, 0.717) is 18.8 Å². The molecule has 0 saturated heterocycles. The van der Waals surface area contributed by atoms with E-state index in [9.17, 15) is 8.42 Å². The fraction of sp³-hybridized carbons (Fsp3) is 0.692. The van der Waals surface area contributed by atoms with Gasteiger partial charge in [0.2, 0.25) is 5.09 Å². The van der Waals surface area contributed by atoms with Crippen LogP contribution in [0.15, 0.2) is 21.6 Å². The monoisotopic (exact) mass is 303 g/mol. The molecule has 1 aromatic heterocycles. The Hall–Kier alpha value is -0.890. The van der Waals surface area contributed by atoms with Gasteiger partial charge in [0, 0.05) is 12.6 Å². The minimum absolute atomic E-state index is 0.0332. The van der Waals surface area contributed by atoms with E-state index in [1.165, 1.54) is 6.07 Å². The average molecular weight is 303 g/mol. The van der Waals surface area contributed by atoms with Crippen LogP contribution in [-0.2, 0) is 16.6 Å². The molecule has 1 atom stereocenters.